The maximum absolute atomic E-state index is 14.9. The molecule has 2 rings (SSSR count). The van der Waals surface area contributed by atoms with E-state index in [9.17, 15) is 48.2 Å². The van der Waals surface area contributed by atoms with Crippen LogP contribution in [0.4, 0.5) is 0 Å². The van der Waals surface area contributed by atoms with E-state index < -0.39 is 99.7 Å². The van der Waals surface area contributed by atoms with E-state index in [1.807, 2.05) is 0 Å². The molecule has 2 fully saturated rings. The van der Waals surface area contributed by atoms with Gasteiger partial charge in [0.25, 0.3) is 0 Å². The minimum atomic E-state index is -5.47. The van der Waals surface area contributed by atoms with E-state index in [1.165, 1.54) is 116 Å². The molecule has 9 atom stereocenters. The highest BCUT2D eigenvalue weighted by molar-refractivity contribution is 7.46. The molecule has 20 heteroatoms. The Bertz CT molecular complexity index is 2150. The Hall–Kier alpha value is -3.19. The predicted molar refractivity (Wildman–Crippen MR) is 412 cm³/mol. The Kier molecular flexibility index (Phi) is 60.3. The van der Waals surface area contributed by atoms with Crippen LogP contribution < -0.4 is 5.32 Å². The number of amides is 2. The molecular weight excluding hydrogens is 1330 g/mol. The topological polar surface area (TPSA) is 260 Å². The van der Waals surface area contributed by atoms with E-state index in [1.54, 1.807) is 4.90 Å². The number of phosphoric acid groups is 1. The Morgan fingerprint density at radius 3 is 1.12 bits per heavy atom. The van der Waals surface area contributed by atoms with Crippen LogP contribution in [0.2, 0.25) is 0 Å². The molecule has 2 saturated heterocycles. The summed E-state index contributed by atoms with van der Waals surface area (Å²) in [6, 6.07) is -2.10. The molecule has 0 saturated carbocycles. The van der Waals surface area contributed by atoms with Crippen molar-refractivity contribution in [3.63, 3.8) is 0 Å². The first-order chi connectivity index (χ1) is 50.0. The Labute approximate surface area is 627 Å². The number of phosphoric ester groups is 1. The molecule has 0 spiro atoms. The molecule has 1 unspecified atom stereocenters. The number of carbonyl (C=O) groups is 6. The maximum Gasteiger partial charge on any atom is 0.470 e. The molecule has 103 heavy (non-hydrogen) atoms. The van der Waals surface area contributed by atoms with E-state index in [0.29, 0.717) is 64.3 Å². The second-order valence-corrected chi connectivity index (χ2v) is 31.7. The van der Waals surface area contributed by atoms with E-state index in [-0.39, 0.29) is 50.6 Å². The Morgan fingerprint density at radius 1 is 0.437 bits per heavy atom. The number of hydrogen-bond donors (Lipinski definition) is 4. The lowest BCUT2D eigenvalue weighted by molar-refractivity contribution is -0.273. The van der Waals surface area contributed by atoms with Crippen molar-refractivity contribution < 1.29 is 81.2 Å². The van der Waals surface area contributed by atoms with Crippen LogP contribution in [0.3, 0.4) is 0 Å². The number of rotatable bonds is 71. The first kappa shape index (κ1) is 95.9. The average molecular weight is 1480 g/mol. The van der Waals surface area contributed by atoms with Gasteiger partial charge in [0.15, 0.2) is 12.4 Å². The van der Waals surface area contributed by atoms with E-state index >= 15 is 0 Å². The Morgan fingerprint density at radius 2 is 0.767 bits per heavy atom. The van der Waals surface area contributed by atoms with E-state index in [0.717, 1.165) is 167 Å². The average Bonchev–Trinajstić information content (AvgIpc) is 0.851. The quantitative estimate of drug-likeness (QED) is 0.0191. The molecule has 0 aromatic rings. The second-order valence-electron chi connectivity index (χ2n) is 30.5. The first-order valence-electron chi connectivity index (χ1n) is 43.0. The van der Waals surface area contributed by atoms with Crippen molar-refractivity contribution >= 4 is 43.5 Å². The number of aliphatic hydroxyl groups excluding tert-OH is 1. The summed E-state index contributed by atoms with van der Waals surface area (Å²) in [4.78, 5) is 108. The SMILES string of the molecule is CCCCCCCCCCC[C@H](CC(=O)O[C@@H]1[C@@H](NC(=O)C[C@H](CCCCCCCCCCC)OC(=O)CCCCCCCCC)[C@H](OCC2CCCN2C(=O)C[C@@H](CCCCCCCCCCC)OC(=O)CCCCCCCCC)O[C@H](CO)[C@H]1OP(=O)(O)O)OC(=O)CCCCCCCCC. The predicted octanol–water partition coefficient (Wildman–Crippen LogP) is 20.7. The fourth-order valence-electron chi connectivity index (χ4n) is 14.5. The number of carbonyl (C=O) groups excluding carboxylic acids is 6. The van der Waals surface area contributed by atoms with Crippen molar-refractivity contribution in [3.05, 3.63) is 0 Å². The number of aliphatic hydroxyl groups is 1. The van der Waals surface area contributed by atoms with Gasteiger partial charge >= 0.3 is 31.7 Å². The zero-order valence-electron chi connectivity index (χ0n) is 66.5. The molecule has 19 nitrogen and oxygen atoms in total. The van der Waals surface area contributed by atoms with Gasteiger partial charge in [-0.25, -0.2) is 4.57 Å². The molecule has 2 amide bonds. The highest BCUT2D eigenvalue weighted by atomic mass is 31.2. The molecule has 2 heterocycles. The third-order valence-corrected chi connectivity index (χ3v) is 21.3. The van der Waals surface area contributed by atoms with Crippen molar-refractivity contribution in [1.82, 2.24) is 10.2 Å². The molecule has 2 aliphatic heterocycles. The highest BCUT2D eigenvalue weighted by Gasteiger charge is 2.53. The molecule has 2 aliphatic rings. The third kappa shape index (κ3) is 51.0. The van der Waals surface area contributed by atoms with Crippen LogP contribution >= 0.6 is 7.82 Å². The van der Waals surface area contributed by atoms with Crippen LogP contribution in [0, 0.1) is 0 Å². The van der Waals surface area contributed by atoms with Gasteiger partial charge in [-0.2, -0.15) is 0 Å². The molecule has 0 bridgehead atoms. The number of ether oxygens (including phenoxy) is 6. The molecule has 0 aromatic carbocycles. The van der Waals surface area contributed by atoms with Gasteiger partial charge in [-0.15, -0.1) is 0 Å². The molecule has 4 N–H and O–H groups in total. The Balaban J connectivity index is 2.62. The summed E-state index contributed by atoms with van der Waals surface area (Å²) < 4.78 is 56.2. The number of likely N-dealkylation sites (tertiary alicyclic amines) is 1. The normalized spacial score (nSPS) is 18.6. The molecule has 0 radical (unpaired) electrons. The van der Waals surface area contributed by atoms with Crippen molar-refractivity contribution in [2.45, 2.75) is 475 Å². The van der Waals surface area contributed by atoms with E-state index in [2.05, 4.69) is 46.9 Å². The largest absolute Gasteiger partial charge is 0.470 e. The minimum absolute atomic E-state index is 0.0146. The fourth-order valence-corrected chi connectivity index (χ4v) is 15.1. The standard InChI is InChI=1S/C83H155N2O17P/c1-7-13-19-25-31-34-40-43-49-57-70(97-76(89)60-52-46-37-28-22-16-10-4)64-74(87)84-80-82(101-79(92)66-72(59-51-45-42-36-33-27-21-15-9-3)99-78(91)62-54-48-39-30-24-18-12-6)81(102-103(93,94)95)73(67-86)100-83(80)96-68-69-56-55-63-85(69)75(88)65-71(58-50-44-41-35-32-26-20-14-8-2)98-77(90)61-53-47-38-29-23-17-11-5/h69-73,80-83,86H,7-68H2,1-6H3,(H,84,87)(H2,93,94,95)/t69?,70-,71+,72+,73+,80+,81+,82+,83+/m0/s1. The smallest absolute Gasteiger partial charge is 0.462 e. The van der Waals surface area contributed by atoms with Crippen LogP contribution in [-0.2, 0) is 66.3 Å². The second kappa shape index (κ2) is 64.8. The number of unbranched alkanes of at least 4 members (excludes halogenated alkanes) is 42. The lowest BCUT2D eigenvalue weighted by Gasteiger charge is -2.45. The highest BCUT2D eigenvalue weighted by Crippen LogP contribution is 2.43. The number of esters is 4. The van der Waals surface area contributed by atoms with Crippen molar-refractivity contribution in [2.24, 2.45) is 0 Å². The fraction of sp³-hybridized carbons (Fsp3) is 0.928. The summed E-state index contributed by atoms with van der Waals surface area (Å²) in [7, 11) is -5.47. The minimum Gasteiger partial charge on any atom is -0.462 e. The van der Waals surface area contributed by atoms with Crippen molar-refractivity contribution in [3.8, 4) is 0 Å². The van der Waals surface area contributed by atoms with Gasteiger partial charge in [0.1, 0.15) is 36.6 Å². The monoisotopic (exact) mass is 1480 g/mol. The van der Waals surface area contributed by atoms with Crippen LogP contribution in [-0.4, -0.2) is 130 Å². The number of nitrogens with zero attached hydrogens (tertiary/aromatic N) is 1. The van der Waals surface area contributed by atoms with Crippen LogP contribution in [0.1, 0.15) is 420 Å². The van der Waals surface area contributed by atoms with Crippen molar-refractivity contribution in [1.29, 1.82) is 0 Å². The van der Waals surface area contributed by atoms with Gasteiger partial charge < -0.3 is 53.5 Å². The van der Waals surface area contributed by atoms with E-state index in [4.69, 9.17) is 32.9 Å². The van der Waals surface area contributed by atoms with Gasteiger partial charge in [0, 0.05) is 25.8 Å². The van der Waals surface area contributed by atoms with Gasteiger partial charge in [0.05, 0.1) is 38.5 Å². The summed E-state index contributed by atoms with van der Waals surface area (Å²) in [5, 5.41) is 14.0. The number of hydrogen-bond acceptors (Lipinski definition) is 15. The summed E-state index contributed by atoms with van der Waals surface area (Å²) in [6.45, 7) is 12.5. The number of nitrogens with one attached hydrogen (secondary N) is 1. The van der Waals surface area contributed by atoms with Crippen LogP contribution in [0.5, 0.6) is 0 Å². The van der Waals surface area contributed by atoms with Gasteiger partial charge in [-0.3, -0.25) is 33.3 Å². The van der Waals surface area contributed by atoms with Gasteiger partial charge in [-0.05, 0) is 70.6 Å². The van der Waals surface area contributed by atoms with Gasteiger partial charge in [-0.1, -0.05) is 311 Å². The summed E-state index contributed by atoms with van der Waals surface area (Å²) in [6.07, 6.45) is 43.7. The summed E-state index contributed by atoms with van der Waals surface area (Å²) in [5.74, 6) is -2.94. The van der Waals surface area contributed by atoms with Gasteiger partial charge in [0.2, 0.25) is 11.8 Å². The molecule has 0 aliphatic carbocycles. The molecule has 604 valence electrons. The zero-order valence-corrected chi connectivity index (χ0v) is 67.4. The maximum atomic E-state index is 14.9. The zero-order chi connectivity index (χ0) is 75.2. The lowest BCUT2D eigenvalue weighted by Crippen LogP contribution is -2.66. The van der Waals surface area contributed by atoms with Crippen molar-refractivity contribution in [2.75, 3.05) is 19.8 Å². The molecule has 0 aromatic heterocycles. The molecular formula is C83H155N2O17P. The summed E-state index contributed by atoms with van der Waals surface area (Å²) in [5.41, 5.74) is 0. The third-order valence-electron chi connectivity index (χ3n) is 20.8. The van der Waals surface area contributed by atoms with Crippen LogP contribution in [0.25, 0.3) is 0 Å². The first-order valence-corrected chi connectivity index (χ1v) is 44.5. The van der Waals surface area contributed by atoms with Crippen LogP contribution in [0.15, 0.2) is 0 Å². The lowest BCUT2D eigenvalue weighted by atomic mass is 9.95. The summed E-state index contributed by atoms with van der Waals surface area (Å²) >= 11 is 0.